The molecule has 23 heavy (non-hydrogen) atoms. The number of morpholine rings is 1. The van der Waals surface area contributed by atoms with Gasteiger partial charge in [-0.05, 0) is 23.9 Å². The molecule has 0 radical (unpaired) electrons. The van der Waals surface area contributed by atoms with E-state index < -0.39 is 0 Å². The number of aromatic nitrogens is 4. The summed E-state index contributed by atoms with van der Waals surface area (Å²) in [5.41, 5.74) is 0.322. The van der Waals surface area contributed by atoms with Gasteiger partial charge in [-0.25, -0.2) is 14.4 Å². The summed E-state index contributed by atoms with van der Waals surface area (Å²) in [6.45, 7) is 3.05. The second kappa shape index (κ2) is 6.34. The van der Waals surface area contributed by atoms with E-state index in [9.17, 15) is 4.39 Å². The monoisotopic (exact) mass is 349 g/mol. The molecule has 1 aromatic carbocycles. The summed E-state index contributed by atoms with van der Waals surface area (Å²) >= 11 is 2.88. The van der Waals surface area contributed by atoms with Gasteiger partial charge in [0.1, 0.15) is 22.7 Å². The summed E-state index contributed by atoms with van der Waals surface area (Å²) in [5, 5.41) is 10.7. The Morgan fingerprint density at radius 3 is 2.91 bits per heavy atom. The predicted molar refractivity (Wildman–Crippen MR) is 86.6 cm³/mol. The lowest BCUT2D eigenvalue weighted by Gasteiger charge is -2.25. The van der Waals surface area contributed by atoms with Crippen LogP contribution in [0, 0.1) is 5.82 Å². The molecule has 0 saturated carbocycles. The Morgan fingerprint density at radius 1 is 1.17 bits per heavy atom. The lowest BCUT2D eigenvalue weighted by atomic mass is 10.2. The third-order valence-corrected chi connectivity index (χ3v) is 5.49. The van der Waals surface area contributed by atoms with E-state index in [-0.39, 0.29) is 5.82 Å². The highest BCUT2D eigenvalue weighted by molar-refractivity contribution is 8.01. The van der Waals surface area contributed by atoms with Crippen molar-refractivity contribution in [2.45, 2.75) is 9.37 Å². The number of halogens is 1. The molecule has 1 fully saturated rings. The molecule has 3 aromatic rings. The molecule has 6 nitrogen and oxygen atoms in total. The van der Waals surface area contributed by atoms with E-state index in [1.54, 1.807) is 6.07 Å². The number of ether oxygens (including phenoxy) is 1. The molecule has 1 aliphatic rings. The van der Waals surface area contributed by atoms with Crippen molar-refractivity contribution in [3.05, 3.63) is 30.3 Å². The fraction of sp³-hybridized carbons (Fsp3) is 0.286. The number of para-hydroxylation sites is 1. The van der Waals surface area contributed by atoms with Crippen LogP contribution in [0.25, 0.3) is 10.9 Å². The Kier molecular flexibility index (Phi) is 4.06. The van der Waals surface area contributed by atoms with Gasteiger partial charge in [-0.15, -0.1) is 10.2 Å². The van der Waals surface area contributed by atoms with Crippen LogP contribution < -0.4 is 4.90 Å². The smallest absolute Gasteiger partial charge is 0.209 e. The molecule has 0 spiro atoms. The number of hydrogen-bond donors (Lipinski definition) is 0. The number of benzene rings is 1. The molecule has 2 aromatic heterocycles. The minimum atomic E-state index is -0.349. The van der Waals surface area contributed by atoms with Crippen molar-refractivity contribution in [2.24, 2.45) is 0 Å². The minimum Gasteiger partial charge on any atom is -0.378 e. The number of rotatable bonds is 3. The molecule has 0 N–H and O–H groups in total. The first-order chi connectivity index (χ1) is 11.3. The number of fused-ring (bicyclic) bond motifs is 1. The van der Waals surface area contributed by atoms with Crippen molar-refractivity contribution in [1.82, 2.24) is 20.2 Å². The van der Waals surface area contributed by atoms with E-state index in [1.165, 1.54) is 35.5 Å². The number of hydrogen-bond acceptors (Lipinski definition) is 8. The first-order valence-corrected chi connectivity index (χ1v) is 8.68. The quantitative estimate of drug-likeness (QED) is 0.674. The first-order valence-electron chi connectivity index (χ1n) is 7.04. The Labute approximate surface area is 139 Å². The van der Waals surface area contributed by atoms with Crippen LogP contribution in [0.4, 0.5) is 9.52 Å². The molecule has 118 valence electrons. The Morgan fingerprint density at radius 2 is 2.04 bits per heavy atom. The molecule has 0 amide bonds. The summed E-state index contributed by atoms with van der Waals surface area (Å²) in [5.74, 6) is -0.349. The summed E-state index contributed by atoms with van der Waals surface area (Å²) in [7, 11) is 0. The van der Waals surface area contributed by atoms with Crippen molar-refractivity contribution < 1.29 is 9.13 Å². The molecule has 0 unspecified atom stereocenters. The maximum atomic E-state index is 13.8. The second-order valence-electron chi connectivity index (χ2n) is 4.87. The Balaban J connectivity index is 1.61. The average molecular weight is 349 g/mol. The van der Waals surface area contributed by atoms with Crippen LogP contribution in [0.2, 0.25) is 0 Å². The molecule has 0 bridgehead atoms. The van der Waals surface area contributed by atoms with Crippen LogP contribution >= 0.6 is 23.1 Å². The van der Waals surface area contributed by atoms with E-state index in [0.717, 1.165) is 22.6 Å². The zero-order valence-corrected chi connectivity index (χ0v) is 13.6. The SMILES string of the molecule is Fc1cccc2c(Sc3nnc(N4CCOCC4)s3)ncnc12. The van der Waals surface area contributed by atoms with Crippen molar-refractivity contribution in [3.63, 3.8) is 0 Å². The van der Waals surface area contributed by atoms with Crippen molar-refractivity contribution in [3.8, 4) is 0 Å². The lowest BCUT2D eigenvalue weighted by Crippen LogP contribution is -2.36. The van der Waals surface area contributed by atoms with Gasteiger partial charge in [-0.1, -0.05) is 17.4 Å². The number of anilines is 1. The summed E-state index contributed by atoms with van der Waals surface area (Å²) in [6.07, 6.45) is 1.37. The highest BCUT2D eigenvalue weighted by atomic mass is 32.2. The molecular formula is C14H12FN5OS2. The van der Waals surface area contributed by atoms with Gasteiger partial charge in [-0.2, -0.15) is 0 Å². The molecule has 1 aliphatic heterocycles. The van der Waals surface area contributed by atoms with Crippen molar-refractivity contribution >= 4 is 39.1 Å². The van der Waals surface area contributed by atoms with E-state index in [2.05, 4.69) is 25.1 Å². The van der Waals surface area contributed by atoms with Gasteiger partial charge in [0.2, 0.25) is 5.13 Å². The van der Waals surface area contributed by atoms with Crippen LogP contribution in [0.3, 0.4) is 0 Å². The topological polar surface area (TPSA) is 64.0 Å². The minimum absolute atomic E-state index is 0.322. The standard InChI is InChI=1S/C14H12FN5OS2/c15-10-3-1-2-9-11(10)16-8-17-12(9)22-14-19-18-13(23-14)20-4-6-21-7-5-20/h1-3,8H,4-7H2. The summed E-state index contributed by atoms with van der Waals surface area (Å²) in [4.78, 5) is 10.4. The first kappa shape index (κ1) is 14.7. The van der Waals surface area contributed by atoms with E-state index >= 15 is 0 Å². The Bertz CT molecular complexity index is 837. The fourth-order valence-electron chi connectivity index (χ4n) is 2.32. The molecule has 4 rings (SSSR count). The maximum absolute atomic E-state index is 13.8. The highest BCUT2D eigenvalue weighted by Crippen LogP contribution is 2.35. The summed E-state index contributed by atoms with van der Waals surface area (Å²) in [6, 6.07) is 4.86. The molecule has 9 heteroatoms. The molecule has 3 heterocycles. The van der Waals surface area contributed by atoms with Gasteiger partial charge in [0.25, 0.3) is 0 Å². The van der Waals surface area contributed by atoms with Crippen LogP contribution in [0.1, 0.15) is 0 Å². The molecule has 1 saturated heterocycles. The fourth-order valence-corrected chi connectivity index (χ4v) is 4.20. The average Bonchev–Trinajstić information content (AvgIpc) is 3.05. The lowest BCUT2D eigenvalue weighted by molar-refractivity contribution is 0.122. The van der Waals surface area contributed by atoms with Crippen LogP contribution in [-0.4, -0.2) is 46.5 Å². The van der Waals surface area contributed by atoms with Gasteiger partial charge in [-0.3, -0.25) is 0 Å². The van der Waals surface area contributed by atoms with E-state index in [1.807, 2.05) is 6.07 Å². The van der Waals surface area contributed by atoms with Gasteiger partial charge in [0.05, 0.1) is 13.2 Å². The normalized spacial score (nSPS) is 15.3. The largest absolute Gasteiger partial charge is 0.378 e. The zero-order valence-electron chi connectivity index (χ0n) is 12.0. The summed E-state index contributed by atoms with van der Waals surface area (Å²) < 4.78 is 19.9. The highest BCUT2D eigenvalue weighted by Gasteiger charge is 2.17. The van der Waals surface area contributed by atoms with Gasteiger partial charge >= 0.3 is 0 Å². The van der Waals surface area contributed by atoms with Crippen LogP contribution in [0.15, 0.2) is 33.9 Å². The van der Waals surface area contributed by atoms with Crippen LogP contribution in [0.5, 0.6) is 0 Å². The third kappa shape index (κ3) is 2.99. The number of nitrogens with zero attached hydrogens (tertiary/aromatic N) is 5. The van der Waals surface area contributed by atoms with Gasteiger partial charge in [0.15, 0.2) is 4.34 Å². The predicted octanol–water partition coefficient (Wildman–Crippen LogP) is 2.61. The Hall–Kier alpha value is -1.84. The zero-order chi connectivity index (χ0) is 15.6. The molecule has 0 atom stereocenters. The van der Waals surface area contributed by atoms with Gasteiger partial charge in [0, 0.05) is 18.5 Å². The third-order valence-electron chi connectivity index (χ3n) is 3.44. The van der Waals surface area contributed by atoms with Crippen molar-refractivity contribution in [1.29, 1.82) is 0 Å². The van der Waals surface area contributed by atoms with Gasteiger partial charge < -0.3 is 9.64 Å². The maximum Gasteiger partial charge on any atom is 0.209 e. The van der Waals surface area contributed by atoms with E-state index in [4.69, 9.17) is 4.74 Å². The second-order valence-corrected chi connectivity index (χ2v) is 7.06. The molecular weight excluding hydrogens is 337 g/mol. The molecule has 0 aliphatic carbocycles. The van der Waals surface area contributed by atoms with Crippen molar-refractivity contribution in [2.75, 3.05) is 31.2 Å². The van der Waals surface area contributed by atoms with Crippen LogP contribution in [-0.2, 0) is 4.74 Å². The van der Waals surface area contributed by atoms with E-state index in [0.29, 0.717) is 29.1 Å².